The second-order valence-corrected chi connectivity index (χ2v) is 40.1. The minimum absolute atomic E-state index is 0.827. The third kappa shape index (κ3) is 12.8. The maximum Gasteiger partial charge on any atom is 0.157 e. The van der Waals surface area contributed by atoms with E-state index in [4.69, 9.17) is 29.9 Å². The molecule has 0 bridgehead atoms. The molecule has 0 atom stereocenters. The molecular weight excluding hydrogens is 1780 g/mol. The van der Waals surface area contributed by atoms with Crippen LogP contribution >= 0.6 is 45.3 Å². The van der Waals surface area contributed by atoms with Gasteiger partial charge in [-0.2, -0.15) is 0 Å². The van der Waals surface area contributed by atoms with Crippen molar-refractivity contribution in [1.82, 2.24) is 48.2 Å². The molecule has 0 aliphatic rings. The Morgan fingerprint density at radius 2 is 0.536 bits per heavy atom. The molecule has 11 aromatic heterocycles. The van der Waals surface area contributed by atoms with Crippen molar-refractivity contribution < 1.29 is 0 Å². The number of nitrogens with zero attached hydrogens (tertiary/aromatic N) is 10. The van der Waals surface area contributed by atoms with Gasteiger partial charge in [0, 0.05) is 110 Å². The van der Waals surface area contributed by atoms with Crippen molar-refractivity contribution in [2.24, 2.45) is 0 Å². The number of hydrogen-bond acceptors (Lipinski definition) is 10. The minimum atomic E-state index is 0.827. The lowest BCUT2D eigenvalue weighted by Gasteiger charge is -2.09. The first-order valence-corrected chi connectivity index (χ1v) is 50.2. The number of thiophene rings is 4. The lowest BCUT2D eigenvalue weighted by atomic mass is 9.98. The lowest BCUT2D eigenvalue weighted by molar-refractivity contribution is 1.08. The summed E-state index contributed by atoms with van der Waals surface area (Å²) in [7, 11) is 0. The molecule has 10 nitrogen and oxygen atoms in total. The van der Waals surface area contributed by atoms with E-state index >= 15 is 0 Å². The summed E-state index contributed by atoms with van der Waals surface area (Å²) in [5.74, 6) is 1.66. The molecule has 31 rings (SSSR count). The van der Waals surface area contributed by atoms with E-state index in [-0.39, 0.29) is 0 Å². The predicted octanol–water partition coefficient (Wildman–Crippen LogP) is 35.1. The molecule has 0 saturated heterocycles. The molecule has 0 aliphatic carbocycles. The van der Waals surface area contributed by atoms with Crippen LogP contribution in [0.15, 0.2) is 449 Å². The number of rotatable bonds is 9. The Hall–Kier alpha value is -17.5. The van der Waals surface area contributed by atoms with Gasteiger partial charge in [-0.1, -0.05) is 309 Å². The normalized spacial score (nSPS) is 12.0. The van der Waals surface area contributed by atoms with E-state index in [1.54, 1.807) is 34.0 Å². The molecule has 0 unspecified atom stereocenters. The molecule has 31 aromatic rings. The van der Waals surface area contributed by atoms with Crippen LogP contribution in [0.5, 0.6) is 0 Å². The maximum atomic E-state index is 5.29. The topological polar surface area (TPSA) is 97.1 Å². The summed E-state index contributed by atoms with van der Waals surface area (Å²) in [6.07, 6.45) is 5.80. The molecule has 11 heterocycles. The smallest absolute Gasteiger partial charge is 0.157 e. The Bertz CT molecular complexity index is 10600. The second-order valence-electron chi connectivity index (χ2n) is 35.9. The summed E-state index contributed by atoms with van der Waals surface area (Å²) in [6.45, 7) is 0. The first-order chi connectivity index (χ1) is 69.4. The molecule has 14 heteroatoms. The molecule has 0 spiro atoms. The van der Waals surface area contributed by atoms with Gasteiger partial charge in [-0.3, -0.25) is 14.1 Å². The molecule has 20 aromatic carbocycles. The van der Waals surface area contributed by atoms with E-state index in [1.165, 1.54) is 193 Å². The molecule has 0 saturated carbocycles. The quantitative estimate of drug-likeness (QED) is 0.143. The van der Waals surface area contributed by atoms with Crippen LogP contribution < -0.4 is 0 Å². The summed E-state index contributed by atoms with van der Waals surface area (Å²) in [5.41, 5.74) is 26.1. The minimum Gasteiger partial charge on any atom is -0.309 e. The lowest BCUT2D eigenvalue weighted by Crippen LogP contribution is -1.98. The maximum absolute atomic E-state index is 5.29. The van der Waals surface area contributed by atoms with Crippen molar-refractivity contribution in [1.29, 1.82) is 0 Å². The zero-order chi connectivity index (χ0) is 91.7. The van der Waals surface area contributed by atoms with E-state index < -0.39 is 0 Å². The van der Waals surface area contributed by atoms with E-state index in [0.29, 0.717) is 0 Å². The van der Waals surface area contributed by atoms with Crippen molar-refractivity contribution >= 4 is 246 Å². The number of benzene rings is 20. The van der Waals surface area contributed by atoms with Gasteiger partial charge in [0.2, 0.25) is 0 Å². The van der Waals surface area contributed by atoms with Crippen LogP contribution in [0.4, 0.5) is 0 Å². The monoisotopic (exact) mass is 1850 g/mol. The Balaban J connectivity index is 0.000000101. The Morgan fingerprint density at radius 1 is 0.186 bits per heavy atom. The van der Waals surface area contributed by atoms with Gasteiger partial charge in [0.05, 0.1) is 68.4 Å². The molecule has 0 aliphatic heterocycles. The number of para-hydroxylation sites is 6. The molecule has 0 N–H and O–H groups in total. The average Bonchev–Trinajstić information content (AvgIpc) is 1.58. The zero-order valence-electron chi connectivity index (χ0n) is 74.8. The van der Waals surface area contributed by atoms with Gasteiger partial charge in [-0.05, 0) is 198 Å². The van der Waals surface area contributed by atoms with E-state index in [1.807, 2.05) is 29.9 Å². The third-order valence-corrected chi connectivity index (χ3v) is 32.5. The Kier molecular flexibility index (Phi) is 18.3. The first-order valence-electron chi connectivity index (χ1n) is 47.0. The molecule has 0 amide bonds. The van der Waals surface area contributed by atoms with Crippen molar-refractivity contribution in [3.63, 3.8) is 0 Å². The van der Waals surface area contributed by atoms with E-state index in [0.717, 1.165) is 87.3 Å². The van der Waals surface area contributed by atoms with Crippen molar-refractivity contribution in [3.8, 4) is 78.8 Å². The van der Waals surface area contributed by atoms with Crippen LogP contribution in [-0.2, 0) is 0 Å². The zero-order valence-corrected chi connectivity index (χ0v) is 78.1. The largest absolute Gasteiger partial charge is 0.309 e. The van der Waals surface area contributed by atoms with Crippen LogP contribution in [0.2, 0.25) is 0 Å². The van der Waals surface area contributed by atoms with Crippen molar-refractivity contribution in [2.75, 3.05) is 0 Å². The highest BCUT2D eigenvalue weighted by Crippen LogP contribution is 2.48. The van der Waals surface area contributed by atoms with Gasteiger partial charge in [-0.15, -0.1) is 45.3 Å². The summed E-state index contributed by atoms with van der Waals surface area (Å²) in [6, 6.07) is 155. The first kappa shape index (κ1) is 79.8. The Labute approximate surface area is 816 Å². The fourth-order valence-electron chi connectivity index (χ4n) is 21.7. The number of aromatic nitrogens is 10. The van der Waals surface area contributed by atoms with Gasteiger partial charge in [0.25, 0.3) is 0 Å². The highest BCUT2D eigenvalue weighted by atomic mass is 32.1. The van der Waals surface area contributed by atoms with Crippen LogP contribution in [-0.4, -0.2) is 48.2 Å². The van der Waals surface area contributed by atoms with E-state index in [2.05, 4.69) is 449 Å². The molecule has 0 radical (unpaired) electrons. The molecule has 0 fully saturated rings. The summed E-state index contributed by atoms with van der Waals surface area (Å²) >= 11 is 7.01. The van der Waals surface area contributed by atoms with Gasteiger partial charge in [0.1, 0.15) is 31.0 Å². The van der Waals surface area contributed by atoms with Gasteiger partial charge < -0.3 is 9.13 Å². The van der Waals surface area contributed by atoms with Gasteiger partial charge >= 0.3 is 0 Å². The van der Waals surface area contributed by atoms with Crippen molar-refractivity contribution in [3.05, 3.63) is 449 Å². The number of fused-ring (bicyclic) bond motifs is 30. The molecule has 140 heavy (non-hydrogen) atoms. The average molecular weight is 1860 g/mol. The second kappa shape index (κ2) is 32.1. The van der Waals surface area contributed by atoms with Crippen LogP contribution in [0, 0.1) is 0 Å². The SMILES string of the molecule is c1cc(-c2ccc(-c3cccc4c3sc3ccccc34)cc2)cc(-c2cnc3c(n2)sc2ccc4ccccc4c23)c1.c1ccc(-n2c3ccccc3c3cc(-c4ccc5c(c4)c4ccccc4n5-c4cnc5c(n4)sc4ccc6ccccc6c45)ccc32)cc1.c1ccc(-n2c3ccccc3c3cc(-c4ccc5c6ccccc6n(-c6cnc7c(n6)sc6ccc8ccccc8c67)c5c4)ccc32)cc1. The fraction of sp³-hybridized carbons (Fsp3) is 0. The molecule has 652 valence electrons. The summed E-state index contributed by atoms with van der Waals surface area (Å²) in [5, 5.41) is 23.4. The highest BCUT2D eigenvalue weighted by Gasteiger charge is 2.25. The van der Waals surface area contributed by atoms with Crippen molar-refractivity contribution in [2.45, 2.75) is 0 Å². The highest BCUT2D eigenvalue weighted by molar-refractivity contribution is 7.27. The summed E-state index contributed by atoms with van der Waals surface area (Å²) in [4.78, 5) is 33.6. The van der Waals surface area contributed by atoms with Gasteiger partial charge in [-0.25, -0.2) is 24.9 Å². The summed E-state index contributed by atoms with van der Waals surface area (Å²) < 4.78 is 15.6. The van der Waals surface area contributed by atoms with E-state index in [9.17, 15) is 0 Å². The third-order valence-electron chi connectivity index (χ3n) is 28.1. The van der Waals surface area contributed by atoms with Crippen LogP contribution in [0.25, 0.3) is 280 Å². The standard InChI is InChI=1S/2C44H26N4S.C38H22N2S2/c1-2-11-30(12-3-1)47-36-16-8-7-15-33(36)35-24-28(19-22-38(35)47)29-18-21-34-32-14-6-9-17-37(32)48(39(34)25-29)41-26-45-43-42-31-13-5-4-10-27(31)20-23-40(42)49-44(43)46-41;1-2-11-30(12-3-1)47-36-16-8-6-14-32(36)34-24-28(18-21-38(34)47)29-19-22-39-35(25-29)33-15-7-9-17-37(33)48(39)41-26-45-43-42-31-13-5-4-10-27(31)20-23-40(42)49-44(43)46-41;1-2-10-28-24(7-1)19-20-34-35(28)36-38(42-34)40-32(22-39-36)27-9-5-8-26(21-27)23-15-17-25(18-16-23)29-12-6-13-31-30-11-3-4-14-33(30)41-37(29)31/h2*1-26H;1-22H. The molecular formula is C126H74N10S4. The fourth-order valence-corrected chi connectivity index (χ4v) is 26.1. The van der Waals surface area contributed by atoms with Crippen LogP contribution in [0.1, 0.15) is 0 Å². The van der Waals surface area contributed by atoms with Crippen LogP contribution in [0.3, 0.4) is 0 Å². The Morgan fingerprint density at radius 3 is 1.04 bits per heavy atom. The number of hydrogen-bond donors (Lipinski definition) is 0. The van der Waals surface area contributed by atoms with Gasteiger partial charge in [0.15, 0.2) is 11.6 Å². The predicted molar refractivity (Wildman–Crippen MR) is 595 cm³/mol.